The lowest BCUT2D eigenvalue weighted by atomic mass is 10.1. The van der Waals surface area contributed by atoms with E-state index in [0.29, 0.717) is 59.1 Å². The van der Waals surface area contributed by atoms with E-state index in [1.165, 1.54) is 10.6 Å². The van der Waals surface area contributed by atoms with Crippen molar-refractivity contribution in [2.24, 2.45) is 0 Å². The molecule has 1 fully saturated rings. The SMILES string of the molecule is C/C=C(\C(Cl)=C/C)c1cc2cnc(NC3CCN(S(C)(=O)=O)CC3)nc2n(N)c1=O. The zero-order valence-corrected chi connectivity index (χ0v) is 18.7. The summed E-state index contributed by atoms with van der Waals surface area (Å²) < 4.78 is 25.7. The first-order valence-corrected chi connectivity index (χ1v) is 11.8. The lowest BCUT2D eigenvalue weighted by Crippen LogP contribution is -2.42. The van der Waals surface area contributed by atoms with Crippen molar-refractivity contribution in [2.75, 3.05) is 30.5 Å². The summed E-state index contributed by atoms with van der Waals surface area (Å²) >= 11 is 6.24. The fourth-order valence-electron chi connectivity index (χ4n) is 3.47. The van der Waals surface area contributed by atoms with Gasteiger partial charge in [-0.3, -0.25) is 4.79 Å². The second kappa shape index (κ2) is 8.75. The first-order valence-electron chi connectivity index (χ1n) is 9.54. The summed E-state index contributed by atoms with van der Waals surface area (Å²) in [5.74, 6) is 6.38. The molecule has 0 amide bonds. The second-order valence-electron chi connectivity index (χ2n) is 7.13. The minimum absolute atomic E-state index is 0.0285. The minimum Gasteiger partial charge on any atom is -0.351 e. The van der Waals surface area contributed by atoms with Crippen molar-refractivity contribution >= 4 is 44.2 Å². The van der Waals surface area contributed by atoms with Gasteiger partial charge in [-0.05, 0) is 32.8 Å². The number of aromatic nitrogens is 3. The third kappa shape index (κ3) is 4.50. The molecule has 3 N–H and O–H groups in total. The summed E-state index contributed by atoms with van der Waals surface area (Å²) in [5.41, 5.74) is 0.835. The van der Waals surface area contributed by atoms with E-state index >= 15 is 0 Å². The average Bonchev–Trinajstić information content (AvgIpc) is 2.72. The van der Waals surface area contributed by atoms with Crippen LogP contribution < -0.4 is 16.7 Å². The lowest BCUT2D eigenvalue weighted by molar-refractivity contribution is 0.331. The highest BCUT2D eigenvalue weighted by molar-refractivity contribution is 7.88. The Morgan fingerprint density at radius 1 is 1.30 bits per heavy atom. The van der Waals surface area contributed by atoms with Crippen LogP contribution in [0.3, 0.4) is 0 Å². The van der Waals surface area contributed by atoms with Crippen molar-refractivity contribution < 1.29 is 8.42 Å². The van der Waals surface area contributed by atoms with E-state index in [9.17, 15) is 13.2 Å². The molecule has 0 spiro atoms. The Kier molecular flexibility index (Phi) is 6.49. The van der Waals surface area contributed by atoms with Gasteiger partial charge in [-0.15, -0.1) is 0 Å². The van der Waals surface area contributed by atoms with Gasteiger partial charge < -0.3 is 11.2 Å². The topological polar surface area (TPSA) is 123 Å². The Labute approximate surface area is 180 Å². The summed E-state index contributed by atoms with van der Waals surface area (Å²) in [6, 6.07) is 1.71. The number of halogens is 1. The summed E-state index contributed by atoms with van der Waals surface area (Å²) in [7, 11) is -3.18. The fraction of sp³-hybridized carbons (Fsp3) is 0.421. The number of nitrogens with one attached hydrogen (secondary N) is 1. The number of pyridine rings is 1. The van der Waals surface area contributed by atoms with E-state index in [-0.39, 0.29) is 6.04 Å². The molecule has 3 rings (SSSR count). The largest absolute Gasteiger partial charge is 0.351 e. The minimum atomic E-state index is -3.18. The van der Waals surface area contributed by atoms with Gasteiger partial charge in [0.2, 0.25) is 16.0 Å². The summed E-state index contributed by atoms with van der Waals surface area (Å²) in [5, 5.41) is 4.27. The second-order valence-corrected chi connectivity index (χ2v) is 9.51. The first-order chi connectivity index (χ1) is 14.2. The van der Waals surface area contributed by atoms with Crippen LogP contribution in [0, 0.1) is 0 Å². The van der Waals surface area contributed by atoms with Gasteiger partial charge in [-0.2, -0.15) is 4.98 Å². The fourth-order valence-corrected chi connectivity index (χ4v) is 4.56. The van der Waals surface area contributed by atoms with Crippen molar-refractivity contribution in [3.63, 3.8) is 0 Å². The van der Waals surface area contributed by atoms with E-state index in [2.05, 4.69) is 15.3 Å². The van der Waals surface area contributed by atoms with Crippen molar-refractivity contribution in [1.82, 2.24) is 18.9 Å². The van der Waals surface area contributed by atoms with Crippen LogP contribution in [0.5, 0.6) is 0 Å². The summed E-state index contributed by atoms with van der Waals surface area (Å²) in [6.07, 6.45) is 7.54. The smallest absolute Gasteiger partial charge is 0.278 e. The van der Waals surface area contributed by atoms with Crippen molar-refractivity contribution in [2.45, 2.75) is 32.7 Å². The molecule has 1 aliphatic heterocycles. The van der Waals surface area contributed by atoms with Crippen LogP contribution in [-0.2, 0) is 10.0 Å². The van der Waals surface area contributed by atoms with E-state index in [0.717, 1.165) is 4.68 Å². The van der Waals surface area contributed by atoms with Crippen LogP contribution in [0.15, 0.2) is 34.2 Å². The maximum absolute atomic E-state index is 12.8. The molecular weight excluding hydrogens is 428 g/mol. The molecule has 11 heteroatoms. The number of fused-ring (bicyclic) bond motifs is 1. The molecule has 0 radical (unpaired) electrons. The molecule has 0 aromatic carbocycles. The van der Waals surface area contributed by atoms with Crippen LogP contribution in [0.25, 0.3) is 16.6 Å². The van der Waals surface area contributed by atoms with Crippen molar-refractivity contribution in [3.05, 3.63) is 45.4 Å². The predicted octanol–water partition coefficient (Wildman–Crippen LogP) is 1.89. The normalized spacial score (nSPS) is 17.5. The third-order valence-electron chi connectivity index (χ3n) is 5.12. The molecular formula is C19H25ClN6O3S. The quantitative estimate of drug-likeness (QED) is 0.524. The van der Waals surface area contributed by atoms with Gasteiger partial charge in [-0.1, -0.05) is 23.8 Å². The van der Waals surface area contributed by atoms with Gasteiger partial charge in [0, 0.05) is 41.3 Å². The van der Waals surface area contributed by atoms with Crippen LogP contribution in [-0.4, -0.2) is 52.8 Å². The van der Waals surface area contributed by atoms with Gasteiger partial charge in [0.25, 0.3) is 5.56 Å². The molecule has 1 aliphatic rings. The van der Waals surface area contributed by atoms with Crippen LogP contribution >= 0.6 is 11.6 Å². The molecule has 2 aromatic heterocycles. The molecule has 3 heterocycles. The van der Waals surface area contributed by atoms with E-state index in [1.807, 2.05) is 0 Å². The Morgan fingerprint density at radius 3 is 2.53 bits per heavy atom. The van der Waals surface area contributed by atoms with Gasteiger partial charge >= 0.3 is 0 Å². The van der Waals surface area contributed by atoms with Crippen molar-refractivity contribution in [3.8, 4) is 0 Å². The van der Waals surface area contributed by atoms with Crippen molar-refractivity contribution in [1.29, 1.82) is 0 Å². The first kappa shape index (κ1) is 22.3. The van der Waals surface area contributed by atoms with Crippen LogP contribution in [0.2, 0.25) is 0 Å². The number of piperidine rings is 1. The lowest BCUT2D eigenvalue weighted by Gasteiger charge is -2.30. The molecule has 0 bridgehead atoms. The number of nitrogen functional groups attached to an aromatic ring is 1. The summed E-state index contributed by atoms with van der Waals surface area (Å²) in [4.78, 5) is 21.5. The molecule has 9 nitrogen and oxygen atoms in total. The zero-order valence-electron chi connectivity index (χ0n) is 17.1. The van der Waals surface area contributed by atoms with Gasteiger partial charge in [-0.25, -0.2) is 22.4 Å². The Morgan fingerprint density at radius 2 is 1.97 bits per heavy atom. The average molecular weight is 453 g/mol. The maximum atomic E-state index is 12.8. The predicted molar refractivity (Wildman–Crippen MR) is 120 cm³/mol. The number of rotatable bonds is 5. The van der Waals surface area contributed by atoms with Gasteiger partial charge in [0.1, 0.15) is 0 Å². The standard InChI is InChI=1S/C19H25ClN6O3S/c1-4-14(16(20)5-2)15-10-12-11-22-19(24-17(12)26(21)18(15)27)23-13-6-8-25(9-7-13)30(3,28)29/h4-5,10-11,13H,6-9,21H2,1-3H3,(H,22,23,24)/b14-4-,16-5+. The van der Waals surface area contributed by atoms with Crippen LogP contribution in [0.4, 0.5) is 5.95 Å². The number of nitrogens with two attached hydrogens (primary N) is 1. The molecule has 0 atom stereocenters. The van der Waals surface area contributed by atoms with E-state index < -0.39 is 15.6 Å². The van der Waals surface area contributed by atoms with Gasteiger partial charge in [0.05, 0.1) is 11.8 Å². The molecule has 0 aliphatic carbocycles. The Bertz CT molecular complexity index is 1180. The van der Waals surface area contributed by atoms with Gasteiger partial charge in [0.15, 0.2) is 5.65 Å². The number of nitrogens with zero attached hydrogens (tertiary/aromatic N) is 4. The number of allylic oxidation sites excluding steroid dienone is 4. The Hall–Kier alpha value is -2.43. The summed E-state index contributed by atoms with van der Waals surface area (Å²) in [6.45, 7) is 4.46. The number of hydrogen-bond donors (Lipinski definition) is 2. The number of anilines is 1. The van der Waals surface area contributed by atoms with E-state index in [1.54, 1.807) is 38.3 Å². The molecule has 30 heavy (non-hydrogen) atoms. The molecule has 0 saturated carbocycles. The molecule has 0 unspecified atom stereocenters. The highest BCUT2D eigenvalue weighted by atomic mass is 35.5. The van der Waals surface area contributed by atoms with Crippen LogP contribution in [0.1, 0.15) is 32.3 Å². The third-order valence-corrected chi connectivity index (χ3v) is 6.84. The maximum Gasteiger partial charge on any atom is 0.278 e. The number of hydrogen-bond acceptors (Lipinski definition) is 7. The highest BCUT2D eigenvalue weighted by Gasteiger charge is 2.25. The Balaban J connectivity index is 1.88. The number of sulfonamides is 1. The molecule has 162 valence electrons. The monoisotopic (exact) mass is 452 g/mol. The highest BCUT2D eigenvalue weighted by Crippen LogP contribution is 2.25. The molecule has 2 aromatic rings. The zero-order chi connectivity index (χ0) is 22.1. The molecule has 1 saturated heterocycles. The van der Waals surface area contributed by atoms with E-state index in [4.69, 9.17) is 17.4 Å².